The van der Waals surface area contributed by atoms with Crippen LogP contribution in [0.4, 0.5) is 4.39 Å². The van der Waals surface area contributed by atoms with Crippen molar-refractivity contribution in [3.8, 4) is 5.75 Å². The molecular weight excluding hydrogens is 263 g/mol. The molecule has 0 saturated carbocycles. The Morgan fingerprint density at radius 3 is 2.80 bits per heavy atom. The zero-order valence-corrected chi connectivity index (χ0v) is 11.4. The monoisotopic (exact) mass is 280 g/mol. The summed E-state index contributed by atoms with van der Waals surface area (Å²) >= 11 is 0. The van der Waals surface area contributed by atoms with Crippen LogP contribution >= 0.6 is 0 Å². The number of methoxy groups -OCH3 is 1. The van der Waals surface area contributed by atoms with Crippen LogP contribution in [0.3, 0.4) is 0 Å². The molecule has 0 bridgehead atoms. The second kappa shape index (κ2) is 6.49. The Balaban J connectivity index is 1.98. The van der Waals surface area contributed by atoms with E-state index in [0.717, 1.165) is 0 Å². The van der Waals surface area contributed by atoms with E-state index in [0.29, 0.717) is 29.4 Å². The Morgan fingerprint density at radius 1 is 1.35 bits per heavy atom. The first-order valence-corrected chi connectivity index (χ1v) is 6.21. The SMILES string of the molecule is COCc1cc(COc2ccc(C(C)N)c(F)c2)no1. The lowest BCUT2D eigenvalue weighted by atomic mass is 10.1. The molecule has 20 heavy (non-hydrogen) atoms. The van der Waals surface area contributed by atoms with Crippen molar-refractivity contribution in [3.63, 3.8) is 0 Å². The summed E-state index contributed by atoms with van der Waals surface area (Å²) in [6.07, 6.45) is 0. The summed E-state index contributed by atoms with van der Waals surface area (Å²) in [7, 11) is 1.57. The fourth-order valence-corrected chi connectivity index (χ4v) is 1.76. The summed E-state index contributed by atoms with van der Waals surface area (Å²) in [6, 6.07) is 5.99. The van der Waals surface area contributed by atoms with Crippen LogP contribution in [-0.4, -0.2) is 12.3 Å². The molecule has 1 aromatic carbocycles. The molecule has 1 aromatic heterocycles. The van der Waals surface area contributed by atoms with Gasteiger partial charge in [0.2, 0.25) is 0 Å². The van der Waals surface area contributed by atoms with Crippen molar-refractivity contribution in [2.45, 2.75) is 26.2 Å². The maximum atomic E-state index is 13.7. The number of hydrogen-bond donors (Lipinski definition) is 1. The van der Waals surface area contributed by atoms with Gasteiger partial charge in [-0.2, -0.15) is 0 Å². The van der Waals surface area contributed by atoms with Crippen LogP contribution in [0.5, 0.6) is 5.75 Å². The van der Waals surface area contributed by atoms with Crippen LogP contribution in [0.1, 0.15) is 30.0 Å². The van der Waals surface area contributed by atoms with E-state index >= 15 is 0 Å². The summed E-state index contributed by atoms with van der Waals surface area (Å²) in [6.45, 7) is 2.28. The molecule has 0 amide bonds. The van der Waals surface area contributed by atoms with Gasteiger partial charge < -0.3 is 19.7 Å². The first-order valence-electron chi connectivity index (χ1n) is 6.21. The Kier molecular flexibility index (Phi) is 4.70. The molecule has 2 N–H and O–H groups in total. The maximum Gasteiger partial charge on any atom is 0.162 e. The molecule has 0 fully saturated rings. The minimum atomic E-state index is -0.377. The fourth-order valence-electron chi connectivity index (χ4n) is 1.76. The first-order chi connectivity index (χ1) is 9.60. The first kappa shape index (κ1) is 14.5. The van der Waals surface area contributed by atoms with Gasteiger partial charge in [0.1, 0.15) is 30.5 Å². The van der Waals surface area contributed by atoms with Gasteiger partial charge in [0.15, 0.2) is 5.76 Å². The van der Waals surface area contributed by atoms with Crippen LogP contribution in [0.2, 0.25) is 0 Å². The zero-order valence-electron chi connectivity index (χ0n) is 11.4. The molecule has 108 valence electrons. The Labute approximate surface area is 116 Å². The highest BCUT2D eigenvalue weighted by Crippen LogP contribution is 2.21. The molecule has 0 saturated heterocycles. The highest BCUT2D eigenvalue weighted by molar-refractivity contribution is 5.30. The van der Waals surface area contributed by atoms with E-state index in [4.69, 9.17) is 19.7 Å². The maximum absolute atomic E-state index is 13.7. The Bertz CT molecular complexity index is 569. The molecule has 6 heteroatoms. The normalized spacial score (nSPS) is 12.4. The number of ether oxygens (including phenoxy) is 2. The summed E-state index contributed by atoms with van der Waals surface area (Å²) in [5.74, 6) is 0.658. The van der Waals surface area contributed by atoms with Gasteiger partial charge in [0.25, 0.3) is 0 Å². The summed E-state index contributed by atoms with van der Waals surface area (Å²) in [5, 5.41) is 3.82. The molecular formula is C14H17FN2O3. The van der Waals surface area contributed by atoms with Crippen LogP contribution in [-0.2, 0) is 18.0 Å². The van der Waals surface area contributed by atoms with E-state index in [9.17, 15) is 4.39 Å². The van der Waals surface area contributed by atoms with E-state index in [1.54, 1.807) is 32.2 Å². The van der Waals surface area contributed by atoms with Crippen LogP contribution < -0.4 is 10.5 Å². The van der Waals surface area contributed by atoms with E-state index in [1.807, 2.05) is 0 Å². The minimum Gasteiger partial charge on any atom is -0.487 e. The fraction of sp³-hybridized carbons (Fsp3) is 0.357. The number of aromatic nitrogens is 1. The second-order valence-electron chi connectivity index (χ2n) is 4.48. The molecule has 2 aromatic rings. The summed E-state index contributed by atoms with van der Waals surface area (Å²) in [4.78, 5) is 0. The number of nitrogens with zero attached hydrogens (tertiary/aromatic N) is 1. The lowest BCUT2D eigenvalue weighted by molar-refractivity contribution is 0.155. The molecule has 0 radical (unpaired) electrons. The highest BCUT2D eigenvalue weighted by atomic mass is 19.1. The van der Waals surface area contributed by atoms with Crippen LogP contribution in [0.15, 0.2) is 28.8 Å². The van der Waals surface area contributed by atoms with Crippen molar-refractivity contribution in [3.05, 3.63) is 47.1 Å². The summed E-state index contributed by atoms with van der Waals surface area (Å²) < 4.78 is 29.1. The average Bonchev–Trinajstić information content (AvgIpc) is 2.84. The molecule has 0 spiro atoms. The van der Waals surface area contributed by atoms with E-state index in [1.165, 1.54) is 6.07 Å². The van der Waals surface area contributed by atoms with Crippen LogP contribution in [0.25, 0.3) is 0 Å². The predicted octanol–water partition coefficient (Wildman–Crippen LogP) is 2.56. The standard InChI is InChI=1S/C14H17FN2O3/c1-9(16)13-4-3-11(6-14(13)15)19-7-10-5-12(8-18-2)20-17-10/h3-6,9H,7-8,16H2,1-2H3. The smallest absolute Gasteiger partial charge is 0.162 e. The topological polar surface area (TPSA) is 70.5 Å². The quantitative estimate of drug-likeness (QED) is 0.880. The zero-order chi connectivity index (χ0) is 14.5. The molecule has 0 aliphatic carbocycles. The lowest BCUT2D eigenvalue weighted by Gasteiger charge is -2.09. The largest absolute Gasteiger partial charge is 0.487 e. The lowest BCUT2D eigenvalue weighted by Crippen LogP contribution is -2.07. The summed E-state index contributed by atoms with van der Waals surface area (Å²) in [5.41, 5.74) is 6.72. The van der Waals surface area contributed by atoms with E-state index in [-0.39, 0.29) is 18.5 Å². The van der Waals surface area contributed by atoms with Crippen molar-refractivity contribution < 1.29 is 18.4 Å². The Hall–Kier alpha value is -1.92. The second-order valence-corrected chi connectivity index (χ2v) is 4.48. The number of hydrogen-bond acceptors (Lipinski definition) is 5. The molecule has 2 rings (SSSR count). The van der Waals surface area contributed by atoms with Gasteiger partial charge in [-0.1, -0.05) is 11.2 Å². The molecule has 5 nitrogen and oxygen atoms in total. The van der Waals surface area contributed by atoms with Crippen molar-refractivity contribution in [1.82, 2.24) is 5.16 Å². The van der Waals surface area contributed by atoms with Gasteiger partial charge in [-0.15, -0.1) is 0 Å². The third-order valence-corrected chi connectivity index (χ3v) is 2.74. The van der Waals surface area contributed by atoms with Gasteiger partial charge in [-0.25, -0.2) is 4.39 Å². The average molecular weight is 280 g/mol. The molecule has 0 aliphatic heterocycles. The molecule has 1 heterocycles. The van der Waals surface area contributed by atoms with Gasteiger partial charge in [0, 0.05) is 30.8 Å². The van der Waals surface area contributed by atoms with Gasteiger partial charge in [-0.05, 0) is 13.0 Å². The minimum absolute atomic E-state index is 0.199. The van der Waals surface area contributed by atoms with E-state index in [2.05, 4.69) is 5.16 Å². The molecule has 1 atom stereocenters. The van der Waals surface area contributed by atoms with Gasteiger partial charge in [0.05, 0.1) is 0 Å². The van der Waals surface area contributed by atoms with Crippen molar-refractivity contribution in [2.75, 3.05) is 7.11 Å². The van der Waals surface area contributed by atoms with Gasteiger partial charge in [-0.3, -0.25) is 0 Å². The highest BCUT2D eigenvalue weighted by Gasteiger charge is 2.09. The van der Waals surface area contributed by atoms with Crippen molar-refractivity contribution in [1.29, 1.82) is 0 Å². The van der Waals surface area contributed by atoms with Crippen molar-refractivity contribution in [2.24, 2.45) is 5.73 Å². The number of halogens is 1. The number of rotatable bonds is 6. The van der Waals surface area contributed by atoms with Crippen LogP contribution in [0, 0.1) is 5.82 Å². The predicted molar refractivity (Wildman–Crippen MR) is 70.6 cm³/mol. The number of benzene rings is 1. The third-order valence-electron chi connectivity index (χ3n) is 2.74. The number of nitrogens with two attached hydrogens (primary N) is 1. The van der Waals surface area contributed by atoms with Crippen molar-refractivity contribution >= 4 is 0 Å². The van der Waals surface area contributed by atoms with E-state index < -0.39 is 0 Å². The molecule has 0 aliphatic rings. The molecule has 1 unspecified atom stereocenters. The third kappa shape index (κ3) is 3.55. The van der Waals surface area contributed by atoms with Gasteiger partial charge >= 0.3 is 0 Å². The Morgan fingerprint density at radius 2 is 2.15 bits per heavy atom.